The standard InChI is InChI=1S/C20H18F2N4O2/c1-28-16-4-2-3-13(7-16)17-9-18-20(27)24-11-19(26(18)25-17)23-10-12-5-14(21)8-15(22)6-12/h2-9,19,23H,10-11H2,1H3,(H,24,27). The molecular formula is C20H18F2N4O2. The van der Waals surface area contributed by atoms with Gasteiger partial charge < -0.3 is 10.1 Å². The van der Waals surface area contributed by atoms with Crippen molar-refractivity contribution in [3.05, 3.63) is 71.4 Å². The molecule has 1 aromatic heterocycles. The maximum Gasteiger partial charge on any atom is 0.269 e. The van der Waals surface area contributed by atoms with Crippen molar-refractivity contribution in [1.82, 2.24) is 20.4 Å². The summed E-state index contributed by atoms with van der Waals surface area (Å²) >= 11 is 0. The number of nitrogens with one attached hydrogen (secondary N) is 2. The van der Waals surface area contributed by atoms with Crippen LogP contribution in [-0.2, 0) is 6.54 Å². The lowest BCUT2D eigenvalue weighted by Gasteiger charge is -2.25. The third-order valence-electron chi connectivity index (χ3n) is 4.55. The maximum atomic E-state index is 13.4. The number of rotatable bonds is 5. The number of amides is 1. The highest BCUT2D eigenvalue weighted by Gasteiger charge is 2.27. The van der Waals surface area contributed by atoms with E-state index >= 15 is 0 Å². The summed E-state index contributed by atoms with van der Waals surface area (Å²) in [5.41, 5.74) is 2.33. The summed E-state index contributed by atoms with van der Waals surface area (Å²) in [6, 6.07) is 12.5. The van der Waals surface area contributed by atoms with Crippen LogP contribution in [0.15, 0.2) is 48.5 Å². The molecule has 8 heteroatoms. The highest BCUT2D eigenvalue weighted by atomic mass is 19.1. The molecule has 2 aromatic carbocycles. The second-order valence-corrected chi connectivity index (χ2v) is 6.48. The molecule has 28 heavy (non-hydrogen) atoms. The Labute approximate surface area is 160 Å². The normalized spacial score (nSPS) is 15.8. The summed E-state index contributed by atoms with van der Waals surface area (Å²) in [6.07, 6.45) is -0.349. The van der Waals surface area contributed by atoms with Gasteiger partial charge in [0, 0.05) is 18.2 Å². The minimum absolute atomic E-state index is 0.225. The molecule has 0 radical (unpaired) electrons. The van der Waals surface area contributed by atoms with Crippen LogP contribution in [0.5, 0.6) is 5.75 Å². The Morgan fingerprint density at radius 1 is 1.21 bits per heavy atom. The van der Waals surface area contributed by atoms with Gasteiger partial charge in [-0.1, -0.05) is 12.1 Å². The van der Waals surface area contributed by atoms with Gasteiger partial charge in [-0.15, -0.1) is 0 Å². The molecule has 1 atom stereocenters. The number of fused-ring (bicyclic) bond motifs is 1. The van der Waals surface area contributed by atoms with Crippen LogP contribution < -0.4 is 15.4 Å². The Morgan fingerprint density at radius 2 is 2.00 bits per heavy atom. The van der Waals surface area contributed by atoms with E-state index in [2.05, 4.69) is 15.7 Å². The van der Waals surface area contributed by atoms with E-state index in [0.717, 1.165) is 11.6 Å². The predicted molar refractivity (Wildman–Crippen MR) is 98.8 cm³/mol. The third-order valence-corrected chi connectivity index (χ3v) is 4.55. The fraction of sp³-hybridized carbons (Fsp3) is 0.200. The first-order valence-corrected chi connectivity index (χ1v) is 8.74. The van der Waals surface area contributed by atoms with Crippen molar-refractivity contribution in [2.24, 2.45) is 0 Å². The molecule has 1 aliphatic rings. The summed E-state index contributed by atoms with van der Waals surface area (Å²) in [6.45, 7) is 0.534. The number of aromatic nitrogens is 2. The largest absolute Gasteiger partial charge is 0.497 e. The summed E-state index contributed by atoms with van der Waals surface area (Å²) in [4.78, 5) is 12.2. The number of methoxy groups -OCH3 is 1. The Bertz CT molecular complexity index is 1010. The minimum atomic E-state index is -0.631. The van der Waals surface area contributed by atoms with E-state index in [-0.39, 0.29) is 18.6 Å². The lowest BCUT2D eigenvalue weighted by Crippen LogP contribution is -2.45. The van der Waals surface area contributed by atoms with E-state index in [4.69, 9.17) is 4.74 Å². The van der Waals surface area contributed by atoms with Gasteiger partial charge >= 0.3 is 0 Å². The first-order chi connectivity index (χ1) is 13.5. The van der Waals surface area contributed by atoms with Crippen molar-refractivity contribution in [1.29, 1.82) is 0 Å². The van der Waals surface area contributed by atoms with Gasteiger partial charge in [-0.25, -0.2) is 13.5 Å². The average molecular weight is 384 g/mol. The fourth-order valence-corrected chi connectivity index (χ4v) is 3.20. The third kappa shape index (κ3) is 3.59. The van der Waals surface area contributed by atoms with E-state index in [1.54, 1.807) is 17.9 Å². The Balaban J connectivity index is 1.60. The van der Waals surface area contributed by atoms with E-state index < -0.39 is 11.6 Å². The number of carbonyl (C=O) groups excluding carboxylic acids is 1. The Kier molecular flexibility index (Phi) is 4.79. The van der Waals surface area contributed by atoms with E-state index in [1.807, 2.05) is 24.3 Å². The smallest absolute Gasteiger partial charge is 0.269 e. The molecule has 0 bridgehead atoms. The quantitative estimate of drug-likeness (QED) is 0.710. The number of nitrogens with zero attached hydrogens (tertiary/aromatic N) is 2. The molecule has 1 unspecified atom stereocenters. The molecule has 0 saturated carbocycles. The molecule has 2 heterocycles. The van der Waals surface area contributed by atoms with Gasteiger partial charge in [0.05, 0.1) is 19.3 Å². The predicted octanol–water partition coefficient (Wildman–Crippen LogP) is 2.87. The van der Waals surface area contributed by atoms with Gasteiger partial charge in [0.15, 0.2) is 0 Å². The summed E-state index contributed by atoms with van der Waals surface area (Å²) in [5, 5.41) is 10.5. The number of halogens is 2. The molecule has 0 saturated heterocycles. The van der Waals surface area contributed by atoms with Gasteiger partial charge in [0.2, 0.25) is 0 Å². The number of benzene rings is 2. The van der Waals surface area contributed by atoms with Crippen molar-refractivity contribution in [3.63, 3.8) is 0 Å². The molecule has 144 valence electrons. The SMILES string of the molecule is COc1cccc(-c2cc3n(n2)C(NCc2cc(F)cc(F)c2)CNC3=O)c1. The van der Waals surface area contributed by atoms with Crippen LogP contribution >= 0.6 is 0 Å². The fourth-order valence-electron chi connectivity index (χ4n) is 3.20. The van der Waals surface area contributed by atoms with Crippen LogP contribution in [0.3, 0.4) is 0 Å². The zero-order valence-electron chi connectivity index (χ0n) is 15.1. The lowest BCUT2D eigenvalue weighted by atomic mass is 10.1. The van der Waals surface area contributed by atoms with Gasteiger partial charge in [-0.3, -0.25) is 10.1 Å². The average Bonchev–Trinajstić information content (AvgIpc) is 3.13. The van der Waals surface area contributed by atoms with E-state index in [0.29, 0.717) is 29.2 Å². The molecular weight excluding hydrogens is 366 g/mol. The lowest BCUT2D eigenvalue weighted by molar-refractivity contribution is 0.0900. The first-order valence-electron chi connectivity index (χ1n) is 8.74. The highest BCUT2D eigenvalue weighted by molar-refractivity contribution is 5.94. The Morgan fingerprint density at radius 3 is 2.75 bits per heavy atom. The van der Waals surface area contributed by atoms with Crippen molar-refractivity contribution in [2.75, 3.05) is 13.7 Å². The highest BCUT2D eigenvalue weighted by Crippen LogP contribution is 2.26. The summed E-state index contributed by atoms with van der Waals surface area (Å²) in [7, 11) is 1.58. The molecule has 4 rings (SSSR count). The molecule has 2 N–H and O–H groups in total. The topological polar surface area (TPSA) is 68.2 Å². The zero-order chi connectivity index (χ0) is 19.7. The molecule has 0 fully saturated rings. The van der Waals surface area contributed by atoms with Gasteiger partial charge in [-0.05, 0) is 35.9 Å². The van der Waals surface area contributed by atoms with Crippen LogP contribution in [0.2, 0.25) is 0 Å². The number of hydrogen-bond donors (Lipinski definition) is 2. The van der Waals surface area contributed by atoms with Crippen LogP contribution in [-0.4, -0.2) is 29.3 Å². The molecule has 6 nitrogen and oxygen atoms in total. The van der Waals surface area contributed by atoms with Gasteiger partial charge in [0.1, 0.15) is 29.2 Å². The number of hydrogen-bond acceptors (Lipinski definition) is 4. The number of ether oxygens (including phenoxy) is 1. The monoisotopic (exact) mass is 384 g/mol. The first kappa shape index (κ1) is 18.1. The summed E-state index contributed by atoms with van der Waals surface area (Å²) < 4.78 is 33.6. The maximum absolute atomic E-state index is 13.4. The van der Waals surface area contributed by atoms with Crippen molar-refractivity contribution in [3.8, 4) is 17.0 Å². The van der Waals surface area contributed by atoms with Crippen LogP contribution in [0.1, 0.15) is 22.2 Å². The van der Waals surface area contributed by atoms with Crippen molar-refractivity contribution in [2.45, 2.75) is 12.7 Å². The van der Waals surface area contributed by atoms with Gasteiger partial charge in [-0.2, -0.15) is 5.10 Å². The molecule has 1 amide bonds. The minimum Gasteiger partial charge on any atom is -0.497 e. The second kappa shape index (κ2) is 7.40. The van der Waals surface area contributed by atoms with Crippen molar-refractivity contribution >= 4 is 5.91 Å². The zero-order valence-corrected chi connectivity index (χ0v) is 15.1. The van der Waals surface area contributed by atoms with E-state index in [9.17, 15) is 13.6 Å². The molecule has 0 aliphatic carbocycles. The van der Waals surface area contributed by atoms with E-state index in [1.165, 1.54) is 12.1 Å². The second-order valence-electron chi connectivity index (χ2n) is 6.48. The number of carbonyl (C=O) groups is 1. The molecule has 3 aromatic rings. The Hall–Kier alpha value is -3.26. The van der Waals surface area contributed by atoms with Crippen LogP contribution in [0.25, 0.3) is 11.3 Å². The van der Waals surface area contributed by atoms with Crippen LogP contribution in [0.4, 0.5) is 8.78 Å². The molecule has 1 aliphatic heterocycles. The molecule has 0 spiro atoms. The van der Waals surface area contributed by atoms with Crippen LogP contribution in [0, 0.1) is 11.6 Å². The van der Waals surface area contributed by atoms with Gasteiger partial charge in [0.25, 0.3) is 5.91 Å². The van der Waals surface area contributed by atoms with Crippen molar-refractivity contribution < 1.29 is 18.3 Å². The summed E-state index contributed by atoms with van der Waals surface area (Å²) in [5.74, 6) is -0.796.